The molecule has 0 saturated carbocycles. The van der Waals surface area contributed by atoms with Gasteiger partial charge in [-0.1, -0.05) is 30.5 Å². The molecule has 0 unspecified atom stereocenters. The molecule has 0 nitrogen and oxygen atoms in total. The first-order valence-corrected chi connectivity index (χ1v) is 10.7. The summed E-state index contributed by atoms with van der Waals surface area (Å²) in [6.45, 7) is 6.18. The van der Waals surface area contributed by atoms with Gasteiger partial charge in [-0.3, -0.25) is 0 Å². The number of fused-ring (bicyclic) bond motifs is 1. The van der Waals surface area contributed by atoms with E-state index >= 15 is 0 Å². The van der Waals surface area contributed by atoms with Crippen LogP contribution in [-0.4, -0.2) is 0 Å². The lowest BCUT2D eigenvalue weighted by molar-refractivity contribution is 1.37. The zero-order valence-corrected chi connectivity index (χ0v) is 15.8. The maximum Gasteiger partial charge on any atom is 0.0439 e. The minimum absolute atomic E-state index is 1.33. The van der Waals surface area contributed by atoms with E-state index < -0.39 is 0 Å². The van der Waals surface area contributed by atoms with Crippen LogP contribution in [0.15, 0.2) is 63.4 Å². The van der Waals surface area contributed by atoms with Gasteiger partial charge in [-0.15, -0.1) is 34.0 Å². The highest BCUT2D eigenvalue weighted by atomic mass is 32.2. The first-order chi connectivity index (χ1) is 11.3. The fourth-order valence-corrected chi connectivity index (χ4v) is 6.37. The fourth-order valence-electron chi connectivity index (χ4n) is 2.88. The van der Waals surface area contributed by atoms with Crippen LogP contribution in [0.1, 0.15) is 5.56 Å². The SMILES string of the molecule is C=CSc1c(-c2cccs2)c(-c2cccs2)c2sccc2c1C. The minimum atomic E-state index is 1.33. The Morgan fingerprint density at radius 1 is 0.913 bits per heavy atom. The van der Waals surface area contributed by atoms with E-state index in [-0.39, 0.29) is 0 Å². The van der Waals surface area contributed by atoms with Crippen molar-refractivity contribution in [3.8, 4) is 20.9 Å². The molecule has 1 aromatic carbocycles. The topological polar surface area (TPSA) is 0 Å². The Kier molecular flexibility index (Phi) is 4.16. The van der Waals surface area contributed by atoms with Crippen molar-refractivity contribution < 1.29 is 0 Å². The van der Waals surface area contributed by atoms with Crippen molar-refractivity contribution >= 4 is 55.9 Å². The summed E-state index contributed by atoms with van der Waals surface area (Å²) in [5.74, 6) is 0. The molecule has 4 heteroatoms. The van der Waals surface area contributed by atoms with Crippen molar-refractivity contribution in [2.75, 3.05) is 0 Å². The Balaban J connectivity index is 2.19. The van der Waals surface area contributed by atoms with Crippen molar-refractivity contribution in [2.24, 2.45) is 0 Å². The van der Waals surface area contributed by atoms with E-state index in [4.69, 9.17) is 0 Å². The number of benzene rings is 1. The molecule has 4 aromatic rings. The zero-order valence-electron chi connectivity index (χ0n) is 12.5. The molecule has 3 aromatic heterocycles. The Morgan fingerprint density at radius 3 is 2.22 bits per heavy atom. The van der Waals surface area contributed by atoms with Crippen LogP contribution in [-0.2, 0) is 0 Å². The Hall–Kier alpha value is -1.33. The van der Waals surface area contributed by atoms with Gasteiger partial charge < -0.3 is 0 Å². The first kappa shape index (κ1) is 15.2. The van der Waals surface area contributed by atoms with Gasteiger partial charge in [-0.25, -0.2) is 0 Å². The maximum absolute atomic E-state index is 3.95. The van der Waals surface area contributed by atoms with Gasteiger partial charge in [0, 0.05) is 30.5 Å². The summed E-state index contributed by atoms with van der Waals surface area (Å²) in [6, 6.07) is 11.0. The molecule has 0 amide bonds. The van der Waals surface area contributed by atoms with E-state index in [1.807, 2.05) is 39.4 Å². The van der Waals surface area contributed by atoms with Crippen LogP contribution in [0.3, 0.4) is 0 Å². The number of hydrogen-bond acceptors (Lipinski definition) is 4. The molecule has 0 fully saturated rings. The normalized spacial score (nSPS) is 11.2. The molecular weight excluding hydrogens is 356 g/mol. The summed E-state index contributed by atoms with van der Waals surface area (Å²) >= 11 is 7.20. The molecule has 0 aliphatic heterocycles. The molecule has 4 rings (SSSR count). The fraction of sp³-hybridized carbons (Fsp3) is 0.0526. The average molecular weight is 371 g/mol. The van der Waals surface area contributed by atoms with E-state index in [0.29, 0.717) is 0 Å². The van der Waals surface area contributed by atoms with Crippen LogP contribution >= 0.6 is 45.8 Å². The number of thiophene rings is 3. The molecule has 23 heavy (non-hydrogen) atoms. The van der Waals surface area contributed by atoms with Crippen molar-refractivity contribution in [1.82, 2.24) is 0 Å². The second-order valence-corrected chi connectivity index (χ2v) is 8.90. The van der Waals surface area contributed by atoms with Crippen molar-refractivity contribution in [1.29, 1.82) is 0 Å². The van der Waals surface area contributed by atoms with Gasteiger partial charge in [-0.05, 0) is 57.6 Å². The molecule has 0 radical (unpaired) electrons. The summed E-state index contributed by atoms with van der Waals surface area (Å²) < 4.78 is 1.39. The van der Waals surface area contributed by atoms with Crippen LogP contribution in [0, 0.1) is 6.92 Å². The number of thioether (sulfide) groups is 1. The zero-order chi connectivity index (χ0) is 15.8. The van der Waals surface area contributed by atoms with Crippen LogP contribution in [0.5, 0.6) is 0 Å². The molecule has 0 aliphatic rings. The second-order valence-electron chi connectivity index (χ2n) is 5.11. The first-order valence-electron chi connectivity index (χ1n) is 7.20. The summed E-state index contributed by atoms with van der Waals surface area (Å²) in [5.41, 5.74) is 4.09. The van der Waals surface area contributed by atoms with Gasteiger partial charge in [-0.2, -0.15) is 0 Å². The largest absolute Gasteiger partial charge is 0.144 e. The smallest absolute Gasteiger partial charge is 0.0439 e. The van der Waals surface area contributed by atoms with Crippen LogP contribution in [0.4, 0.5) is 0 Å². The quantitative estimate of drug-likeness (QED) is 0.329. The highest BCUT2D eigenvalue weighted by Gasteiger charge is 2.21. The summed E-state index contributed by atoms with van der Waals surface area (Å²) in [5, 5.41) is 9.82. The van der Waals surface area contributed by atoms with Crippen LogP contribution in [0.2, 0.25) is 0 Å². The van der Waals surface area contributed by atoms with Gasteiger partial charge in [0.05, 0.1) is 0 Å². The lowest BCUT2D eigenvalue weighted by Crippen LogP contribution is -1.90. The second kappa shape index (κ2) is 6.29. The number of rotatable bonds is 4. The molecule has 0 N–H and O–H groups in total. The number of aryl methyl sites for hydroxylation is 1. The van der Waals surface area contributed by atoms with Gasteiger partial charge in [0.2, 0.25) is 0 Å². The van der Waals surface area contributed by atoms with Crippen molar-refractivity contribution in [2.45, 2.75) is 11.8 Å². The van der Waals surface area contributed by atoms with E-state index in [9.17, 15) is 0 Å². The van der Waals surface area contributed by atoms with Crippen molar-refractivity contribution in [3.05, 3.63) is 64.0 Å². The van der Waals surface area contributed by atoms with Gasteiger partial charge >= 0.3 is 0 Å². The summed E-state index contributed by atoms with van der Waals surface area (Å²) in [6.07, 6.45) is 0. The predicted octanol–water partition coefficient (Wildman–Crippen LogP) is 7.90. The average Bonchev–Trinajstić information content (AvgIpc) is 3.32. The third-order valence-corrected chi connectivity index (χ3v) is 7.47. The molecule has 0 saturated heterocycles. The Morgan fingerprint density at radius 2 is 1.61 bits per heavy atom. The Labute approximate surface area is 152 Å². The molecule has 114 valence electrons. The Bertz CT molecular complexity index is 957. The van der Waals surface area contributed by atoms with E-state index in [1.165, 1.54) is 41.4 Å². The van der Waals surface area contributed by atoms with E-state index in [0.717, 1.165) is 0 Å². The molecule has 0 aliphatic carbocycles. The highest BCUT2D eigenvalue weighted by Crippen LogP contribution is 2.50. The molecule has 3 heterocycles. The third kappa shape index (κ3) is 2.50. The van der Waals surface area contributed by atoms with Crippen molar-refractivity contribution in [3.63, 3.8) is 0 Å². The molecule has 0 atom stereocenters. The standard InChI is InChI=1S/C19H14S4/c1-3-20-18-12(2)13-8-11-23-19(13)17(15-7-5-10-22-15)16(18)14-6-4-9-21-14/h3-11H,1H2,2H3. The van der Waals surface area contributed by atoms with Gasteiger partial charge in [0.25, 0.3) is 0 Å². The monoisotopic (exact) mass is 370 g/mol. The third-order valence-electron chi connectivity index (χ3n) is 3.85. The summed E-state index contributed by atoms with van der Waals surface area (Å²) in [4.78, 5) is 4.00. The van der Waals surface area contributed by atoms with Gasteiger partial charge in [0.15, 0.2) is 0 Å². The molecule has 0 spiro atoms. The molecular formula is C19H14S4. The van der Waals surface area contributed by atoms with Crippen LogP contribution < -0.4 is 0 Å². The van der Waals surface area contributed by atoms with E-state index in [2.05, 4.69) is 60.0 Å². The van der Waals surface area contributed by atoms with E-state index in [1.54, 1.807) is 11.8 Å². The lowest BCUT2D eigenvalue weighted by atomic mass is 9.98. The maximum atomic E-state index is 3.95. The highest BCUT2D eigenvalue weighted by molar-refractivity contribution is 8.02. The molecule has 0 bridgehead atoms. The minimum Gasteiger partial charge on any atom is -0.144 e. The summed E-state index contributed by atoms with van der Waals surface area (Å²) in [7, 11) is 0. The number of hydrogen-bond donors (Lipinski definition) is 0. The van der Waals surface area contributed by atoms with Crippen LogP contribution in [0.25, 0.3) is 31.0 Å². The predicted molar refractivity (Wildman–Crippen MR) is 109 cm³/mol. The van der Waals surface area contributed by atoms with Gasteiger partial charge in [0.1, 0.15) is 0 Å². The lowest BCUT2D eigenvalue weighted by Gasteiger charge is -2.16.